The number of fused-ring (bicyclic) bond motifs is 6. The monoisotopic (exact) mass is 719 g/mol. The average molecular weight is 720 g/mol. The molecule has 0 bridgehead atoms. The maximum atomic E-state index is 11.1. The molecule has 7 aromatic carbocycles. The van der Waals surface area contributed by atoms with Crippen molar-refractivity contribution in [2.24, 2.45) is 0 Å². The normalized spacial score (nSPS) is 11.6. The summed E-state index contributed by atoms with van der Waals surface area (Å²) in [4.78, 5) is 10.7. The van der Waals surface area contributed by atoms with Crippen LogP contribution in [0.1, 0.15) is 27.8 Å². The minimum atomic E-state index is 0.556. The fraction of sp³-hybridized carbons (Fsp3) is 0.0784. The van der Waals surface area contributed by atoms with Crippen LogP contribution in [-0.2, 0) is 0 Å². The van der Waals surface area contributed by atoms with Crippen molar-refractivity contribution in [1.29, 1.82) is 5.26 Å². The third kappa shape index (κ3) is 5.38. The van der Waals surface area contributed by atoms with Crippen LogP contribution in [-0.4, -0.2) is 19.1 Å². The van der Waals surface area contributed by atoms with Gasteiger partial charge in [-0.3, -0.25) is 0 Å². The smallest absolute Gasteiger partial charge is 0.162 e. The Bertz CT molecular complexity index is 3060. The second-order valence-electron chi connectivity index (χ2n) is 14.9. The summed E-state index contributed by atoms with van der Waals surface area (Å²) in [6.45, 7) is 8.52. The highest BCUT2D eigenvalue weighted by Gasteiger charge is 2.24. The third-order valence-corrected chi connectivity index (χ3v) is 11.0. The highest BCUT2D eigenvalue weighted by atomic mass is 15.0. The van der Waals surface area contributed by atoms with Gasteiger partial charge in [0.15, 0.2) is 5.82 Å². The fourth-order valence-corrected chi connectivity index (χ4v) is 8.32. The predicted molar refractivity (Wildman–Crippen MR) is 231 cm³/mol. The molecule has 10 aromatic rings. The first kappa shape index (κ1) is 33.3. The molecule has 0 N–H and O–H groups in total. The Labute approximate surface area is 325 Å². The molecule has 3 heterocycles. The SMILES string of the molecule is Cc1ccc2c(c1)c1cc(C)ccc1n2-c1cc(-c2nc(-c3ccccc3)cc(-c3ccccc3)n2)c(-n2c3ccc(C)cc3c3cc(C)ccc32)cc1C#N. The van der Waals surface area contributed by atoms with Gasteiger partial charge in [-0.2, -0.15) is 5.26 Å². The molecule has 0 aliphatic heterocycles. The van der Waals surface area contributed by atoms with Crippen molar-refractivity contribution >= 4 is 43.6 Å². The molecule has 0 fully saturated rings. The summed E-state index contributed by atoms with van der Waals surface area (Å²) in [6, 6.07) is 55.8. The molecule has 0 amide bonds. The molecule has 5 heteroatoms. The highest BCUT2D eigenvalue weighted by molar-refractivity contribution is 6.11. The molecule has 0 saturated heterocycles. The van der Waals surface area contributed by atoms with Gasteiger partial charge in [-0.05, 0) is 94.4 Å². The molecule has 266 valence electrons. The van der Waals surface area contributed by atoms with Crippen LogP contribution in [0.2, 0.25) is 0 Å². The van der Waals surface area contributed by atoms with E-state index in [4.69, 9.17) is 9.97 Å². The number of nitrogens with zero attached hydrogens (tertiary/aromatic N) is 5. The number of rotatable bonds is 5. The lowest BCUT2D eigenvalue weighted by molar-refractivity contribution is 1.11. The highest BCUT2D eigenvalue weighted by Crippen LogP contribution is 2.41. The van der Waals surface area contributed by atoms with E-state index >= 15 is 0 Å². The summed E-state index contributed by atoms with van der Waals surface area (Å²) in [7, 11) is 0. The van der Waals surface area contributed by atoms with Gasteiger partial charge in [0, 0.05) is 38.2 Å². The van der Waals surface area contributed by atoms with Crippen LogP contribution in [0.15, 0.2) is 152 Å². The topological polar surface area (TPSA) is 59.4 Å². The van der Waals surface area contributed by atoms with Crippen LogP contribution in [0, 0.1) is 39.0 Å². The Morgan fingerprint density at radius 3 is 1.21 bits per heavy atom. The van der Waals surface area contributed by atoms with Crippen molar-refractivity contribution < 1.29 is 0 Å². The molecule has 0 saturated carbocycles. The first-order chi connectivity index (χ1) is 27.3. The molecule has 0 atom stereocenters. The Kier molecular flexibility index (Phi) is 7.69. The Morgan fingerprint density at radius 2 is 0.821 bits per heavy atom. The summed E-state index contributed by atoms with van der Waals surface area (Å²) >= 11 is 0. The average Bonchev–Trinajstić information content (AvgIpc) is 3.71. The van der Waals surface area contributed by atoms with Gasteiger partial charge in [0.1, 0.15) is 6.07 Å². The zero-order chi connectivity index (χ0) is 38.1. The molecule has 0 unspecified atom stereocenters. The molecule has 3 aromatic heterocycles. The summed E-state index contributed by atoms with van der Waals surface area (Å²) < 4.78 is 4.54. The van der Waals surface area contributed by atoms with Crippen molar-refractivity contribution in [2.75, 3.05) is 0 Å². The number of aryl methyl sites for hydroxylation is 4. The minimum Gasteiger partial charge on any atom is -0.308 e. The number of aromatic nitrogens is 4. The van der Waals surface area contributed by atoms with Gasteiger partial charge >= 0.3 is 0 Å². The van der Waals surface area contributed by atoms with E-state index in [0.29, 0.717) is 11.4 Å². The van der Waals surface area contributed by atoms with E-state index in [1.807, 2.05) is 42.5 Å². The predicted octanol–water partition coefficient (Wildman–Crippen LogP) is 12.8. The molecule has 0 aliphatic rings. The van der Waals surface area contributed by atoms with Gasteiger partial charge in [-0.15, -0.1) is 0 Å². The number of nitriles is 1. The van der Waals surface area contributed by atoms with Gasteiger partial charge < -0.3 is 9.13 Å². The van der Waals surface area contributed by atoms with Crippen molar-refractivity contribution in [2.45, 2.75) is 27.7 Å². The van der Waals surface area contributed by atoms with E-state index in [0.717, 1.165) is 83.1 Å². The lowest BCUT2D eigenvalue weighted by Crippen LogP contribution is -2.06. The van der Waals surface area contributed by atoms with E-state index in [9.17, 15) is 5.26 Å². The van der Waals surface area contributed by atoms with E-state index in [1.54, 1.807) is 0 Å². The number of hydrogen-bond donors (Lipinski definition) is 0. The van der Waals surface area contributed by atoms with Crippen molar-refractivity contribution in [1.82, 2.24) is 19.1 Å². The van der Waals surface area contributed by atoms with E-state index < -0.39 is 0 Å². The molecule has 10 rings (SSSR count). The van der Waals surface area contributed by atoms with Crippen LogP contribution >= 0.6 is 0 Å². The Balaban J connectivity index is 1.37. The maximum Gasteiger partial charge on any atom is 0.162 e. The van der Waals surface area contributed by atoms with Gasteiger partial charge in [0.25, 0.3) is 0 Å². The lowest BCUT2D eigenvalue weighted by atomic mass is 10.0. The zero-order valence-electron chi connectivity index (χ0n) is 31.7. The van der Waals surface area contributed by atoms with E-state index in [-0.39, 0.29) is 0 Å². The summed E-state index contributed by atoms with van der Waals surface area (Å²) in [5.74, 6) is 0.577. The maximum absolute atomic E-state index is 11.1. The quantitative estimate of drug-likeness (QED) is 0.178. The van der Waals surface area contributed by atoms with Crippen molar-refractivity contribution in [3.8, 4) is 51.3 Å². The molecular weight excluding hydrogens is 683 g/mol. The van der Waals surface area contributed by atoms with Crippen LogP contribution in [0.4, 0.5) is 0 Å². The first-order valence-corrected chi connectivity index (χ1v) is 19.0. The third-order valence-electron chi connectivity index (χ3n) is 11.0. The molecule has 0 aliphatic carbocycles. The van der Waals surface area contributed by atoms with Gasteiger partial charge in [-0.1, -0.05) is 107 Å². The summed E-state index contributed by atoms with van der Waals surface area (Å²) in [5, 5.41) is 15.7. The van der Waals surface area contributed by atoms with E-state index in [2.05, 4.69) is 152 Å². The standard InChI is InChI=1S/C51H37N5/c1-31-15-19-45-38(23-31)39-24-32(2)16-20-46(39)55(45)49-28-42(51-53-43(35-11-7-5-8-12-35)29-44(54-51)36-13-9-6-10-14-36)50(27-37(49)30-52)56-47-21-17-33(3)25-40(47)41-26-34(4)18-22-48(41)56/h5-29H,1-4H3. The Hall–Kier alpha value is -7.29. The molecule has 0 radical (unpaired) electrons. The molecule has 0 spiro atoms. The van der Waals surface area contributed by atoms with Crippen molar-refractivity contribution in [3.63, 3.8) is 0 Å². The van der Waals surface area contributed by atoms with Crippen LogP contribution < -0.4 is 0 Å². The van der Waals surface area contributed by atoms with Gasteiger partial charge in [0.2, 0.25) is 0 Å². The van der Waals surface area contributed by atoms with Gasteiger partial charge in [-0.25, -0.2) is 9.97 Å². The van der Waals surface area contributed by atoms with Crippen LogP contribution in [0.3, 0.4) is 0 Å². The second kappa shape index (κ2) is 12.9. The number of hydrogen-bond acceptors (Lipinski definition) is 3. The largest absolute Gasteiger partial charge is 0.308 e. The van der Waals surface area contributed by atoms with Crippen LogP contribution in [0.25, 0.3) is 88.9 Å². The fourth-order valence-electron chi connectivity index (χ4n) is 8.32. The van der Waals surface area contributed by atoms with Crippen LogP contribution in [0.5, 0.6) is 0 Å². The number of benzene rings is 7. The molecule has 56 heavy (non-hydrogen) atoms. The lowest BCUT2D eigenvalue weighted by Gasteiger charge is -2.19. The van der Waals surface area contributed by atoms with Crippen molar-refractivity contribution in [3.05, 3.63) is 179 Å². The summed E-state index contributed by atoms with van der Waals surface area (Å²) in [6.07, 6.45) is 0. The second-order valence-corrected chi connectivity index (χ2v) is 14.9. The van der Waals surface area contributed by atoms with E-state index in [1.165, 1.54) is 22.3 Å². The Morgan fingerprint density at radius 1 is 0.429 bits per heavy atom. The minimum absolute atomic E-state index is 0.556. The summed E-state index contributed by atoms with van der Waals surface area (Å²) in [5.41, 5.74) is 15.6. The molecular formula is C51H37N5. The van der Waals surface area contributed by atoms with Gasteiger partial charge in [0.05, 0.1) is 50.4 Å². The first-order valence-electron chi connectivity index (χ1n) is 19.0. The zero-order valence-corrected chi connectivity index (χ0v) is 31.7. The molecule has 5 nitrogen and oxygen atoms in total.